The lowest BCUT2D eigenvalue weighted by atomic mass is 10.1. The van der Waals surface area contributed by atoms with E-state index in [1.54, 1.807) is 38.1 Å². The number of ether oxygens (including phenoxy) is 2. The standard InChI is InChI=1S/C19H18Cl6N4O4/c1-3-32-13(9-30)29(14(10-31)33-4-2)12-7-5-11(6-8-12)15-26-16(18(20,21)22)28-17(27-15)19(23,24)25/h5-10,13-14H,3-4H2,1-2H3. The van der Waals surface area contributed by atoms with Crippen LogP contribution in [0.1, 0.15) is 25.5 Å². The molecule has 1 aromatic heterocycles. The number of aromatic nitrogens is 3. The molecular formula is C19H18Cl6N4O4. The van der Waals surface area contributed by atoms with Gasteiger partial charge in [0.15, 0.2) is 42.5 Å². The summed E-state index contributed by atoms with van der Waals surface area (Å²) in [5, 5.41) is 0. The van der Waals surface area contributed by atoms with Crippen molar-refractivity contribution in [2.24, 2.45) is 0 Å². The molecule has 0 aliphatic rings. The molecule has 2 unspecified atom stereocenters. The molecule has 0 spiro atoms. The zero-order chi connectivity index (χ0) is 24.8. The van der Waals surface area contributed by atoms with Gasteiger partial charge in [0.25, 0.3) is 0 Å². The average Bonchev–Trinajstić information content (AvgIpc) is 2.76. The lowest BCUT2D eigenvalue weighted by Crippen LogP contribution is -2.48. The van der Waals surface area contributed by atoms with Crippen LogP contribution in [-0.2, 0) is 26.6 Å². The number of hydrogen-bond acceptors (Lipinski definition) is 8. The van der Waals surface area contributed by atoms with Crippen LogP contribution in [0.3, 0.4) is 0 Å². The third kappa shape index (κ3) is 7.50. The number of aldehydes is 2. The summed E-state index contributed by atoms with van der Waals surface area (Å²) in [4.78, 5) is 36.9. The first kappa shape index (κ1) is 28.3. The summed E-state index contributed by atoms with van der Waals surface area (Å²) in [6.07, 6.45) is -0.989. The Morgan fingerprint density at radius 1 is 0.818 bits per heavy atom. The van der Waals surface area contributed by atoms with Crippen LogP contribution >= 0.6 is 69.6 Å². The molecule has 0 aliphatic carbocycles. The van der Waals surface area contributed by atoms with Crippen molar-refractivity contribution in [2.75, 3.05) is 18.1 Å². The van der Waals surface area contributed by atoms with E-state index < -0.39 is 20.0 Å². The van der Waals surface area contributed by atoms with E-state index in [2.05, 4.69) is 15.0 Å². The minimum Gasteiger partial charge on any atom is -0.351 e. The van der Waals surface area contributed by atoms with Gasteiger partial charge in [0.1, 0.15) is 0 Å². The Bertz CT molecular complexity index is 903. The zero-order valence-electron chi connectivity index (χ0n) is 17.2. The van der Waals surface area contributed by atoms with Crippen molar-refractivity contribution < 1.29 is 19.1 Å². The molecule has 2 rings (SSSR count). The van der Waals surface area contributed by atoms with Crippen molar-refractivity contribution in [1.29, 1.82) is 0 Å². The van der Waals surface area contributed by atoms with E-state index in [1.807, 2.05) is 0 Å². The highest BCUT2D eigenvalue weighted by Crippen LogP contribution is 2.40. The summed E-state index contributed by atoms with van der Waals surface area (Å²) in [6, 6.07) is 6.41. The molecule has 180 valence electrons. The molecule has 0 amide bonds. The highest BCUT2D eigenvalue weighted by Gasteiger charge is 2.34. The van der Waals surface area contributed by atoms with E-state index in [0.717, 1.165) is 0 Å². The van der Waals surface area contributed by atoms with Crippen molar-refractivity contribution >= 4 is 87.9 Å². The molecule has 0 saturated heterocycles. The van der Waals surface area contributed by atoms with Gasteiger partial charge in [-0.1, -0.05) is 69.6 Å². The van der Waals surface area contributed by atoms with Crippen LogP contribution in [0.15, 0.2) is 24.3 Å². The number of carbonyl (C=O) groups excluding carboxylic acids is 2. The molecule has 0 radical (unpaired) electrons. The number of halogens is 6. The molecule has 0 aliphatic heterocycles. The van der Waals surface area contributed by atoms with E-state index in [9.17, 15) is 9.59 Å². The number of hydrogen-bond donors (Lipinski definition) is 0. The Morgan fingerprint density at radius 2 is 1.24 bits per heavy atom. The largest absolute Gasteiger partial charge is 0.351 e. The Balaban J connectivity index is 2.55. The minimum absolute atomic E-state index is 0.0687. The third-order valence-corrected chi connectivity index (χ3v) is 5.04. The fourth-order valence-corrected chi connectivity index (χ4v) is 3.20. The van der Waals surface area contributed by atoms with Gasteiger partial charge in [-0.05, 0) is 38.1 Å². The fourth-order valence-electron chi connectivity index (χ4n) is 2.69. The van der Waals surface area contributed by atoms with Crippen molar-refractivity contribution in [2.45, 2.75) is 33.9 Å². The number of carbonyl (C=O) groups is 2. The van der Waals surface area contributed by atoms with Gasteiger partial charge in [-0.3, -0.25) is 9.59 Å². The molecule has 8 nitrogen and oxygen atoms in total. The van der Waals surface area contributed by atoms with Crippen LogP contribution in [0.5, 0.6) is 0 Å². The smallest absolute Gasteiger partial charge is 0.250 e. The number of benzene rings is 1. The first-order valence-electron chi connectivity index (χ1n) is 9.39. The molecular weight excluding hydrogens is 561 g/mol. The zero-order valence-corrected chi connectivity index (χ0v) is 21.8. The van der Waals surface area contributed by atoms with Crippen molar-refractivity contribution in [1.82, 2.24) is 15.0 Å². The summed E-state index contributed by atoms with van der Waals surface area (Å²) in [6.45, 7) is 3.92. The lowest BCUT2D eigenvalue weighted by Gasteiger charge is -2.33. The second kappa shape index (κ2) is 12.1. The maximum absolute atomic E-state index is 11.6. The summed E-state index contributed by atoms with van der Waals surface area (Å²) >= 11 is 35.5. The fraction of sp³-hybridized carbons (Fsp3) is 0.421. The summed E-state index contributed by atoms with van der Waals surface area (Å²) < 4.78 is 6.92. The first-order valence-corrected chi connectivity index (χ1v) is 11.7. The van der Waals surface area contributed by atoms with E-state index in [-0.39, 0.29) is 30.7 Å². The predicted molar refractivity (Wildman–Crippen MR) is 129 cm³/mol. The molecule has 0 N–H and O–H groups in total. The quantitative estimate of drug-likeness (QED) is 0.218. The Hall–Kier alpha value is -0.970. The van der Waals surface area contributed by atoms with Gasteiger partial charge in [-0.25, -0.2) is 15.0 Å². The van der Waals surface area contributed by atoms with Crippen molar-refractivity contribution in [3.05, 3.63) is 35.9 Å². The Labute approximate surface area is 220 Å². The average molecular weight is 579 g/mol. The molecule has 33 heavy (non-hydrogen) atoms. The molecule has 1 aromatic carbocycles. The molecule has 2 aromatic rings. The topological polar surface area (TPSA) is 94.5 Å². The number of alkyl halides is 6. The van der Waals surface area contributed by atoms with Crippen LogP contribution < -0.4 is 4.90 Å². The molecule has 0 fully saturated rings. The summed E-state index contributed by atoms with van der Waals surface area (Å²) in [5.41, 5.74) is 0.900. The van der Waals surface area contributed by atoms with E-state index in [4.69, 9.17) is 79.1 Å². The Kier molecular flexibility index (Phi) is 10.4. The predicted octanol–water partition coefficient (Wildman–Crippen LogP) is 5.12. The van der Waals surface area contributed by atoms with Gasteiger partial charge in [-0.15, -0.1) is 0 Å². The van der Waals surface area contributed by atoms with Gasteiger partial charge < -0.3 is 14.4 Å². The van der Waals surface area contributed by atoms with Crippen LogP contribution in [0, 0.1) is 0 Å². The van der Waals surface area contributed by atoms with Crippen molar-refractivity contribution in [3.63, 3.8) is 0 Å². The van der Waals surface area contributed by atoms with Gasteiger partial charge in [0, 0.05) is 24.5 Å². The van der Waals surface area contributed by atoms with Gasteiger partial charge in [-0.2, -0.15) is 0 Å². The number of rotatable bonds is 10. The van der Waals surface area contributed by atoms with Gasteiger partial charge in [0.05, 0.1) is 0 Å². The molecule has 0 saturated carbocycles. The molecule has 1 heterocycles. The second-order valence-electron chi connectivity index (χ2n) is 6.22. The third-order valence-electron chi connectivity index (χ3n) is 4.02. The van der Waals surface area contributed by atoms with E-state index >= 15 is 0 Å². The van der Waals surface area contributed by atoms with E-state index in [0.29, 0.717) is 23.8 Å². The summed E-state index contributed by atoms with van der Waals surface area (Å²) in [7, 11) is 0. The highest BCUT2D eigenvalue weighted by atomic mass is 35.6. The van der Waals surface area contributed by atoms with Gasteiger partial charge in [0.2, 0.25) is 7.59 Å². The second-order valence-corrected chi connectivity index (χ2v) is 10.8. The first-order chi connectivity index (χ1) is 15.5. The molecule has 2 atom stereocenters. The van der Waals surface area contributed by atoms with Crippen LogP contribution in [-0.4, -0.2) is 53.2 Å². The normalized spacial score (nSPS) is 13.9. The monoisotopic (exact) mass is 576 g/mol. The molecule has 0 bridgehead atoms. The molecule has 14 heteroatoms. The number of nitrogens with zero attached hydrogens (tertiary/aromatic N) is 4. The SMILES string of the molecule is CCOC(C=O)N(c1ccc(-c2nc(C(Cl)(Cl)Cl)nc(C(Cl)(Cl)Cl)n2)cc1)C(C=O)OCC. The van der Waals surface area contributed by atoms with Crippen LogP contribution in [0.25, 0.3) is 11.4 Å². The maximum atomic E-state index is 11.6. The minimum atomic E-state index is -2.00. The van der Waals surface area contributed by atoms with Gasteiger partial charge >= 0.3 is 0 Å². The van der Waals surface area contributed by atoms with Crippen LogP contribution in [0.4, 0.5) is 5.69 Å². The highest BCUT2D eigenvalue weighted by molar-refractivity contribution is 6.67. The summed E-state index contributed by atoms with van der Waals surface area (Å²) in [5.74, 6) is -0.405. The van der Waals surface area contributed by atoms with Crippen molar-refractivity contribution in [3.8, 4) is 11.4 Å². The maximum Gasteiger partial charge on any atom is 0.250 e. The van der Waals surface area contributed by atoms with E-state index in [1.165, 1.54) is 4.90 Å². The lowest BCUT2D eigenvalue weighted by molar-refractivity contribution is -0.125. The van der Waals surface area contributed by atoms with Crippen LogP contribution in [0.2, 0.25) is 0 Å². The Morgan fingerprint density at radius 3 is 1.58 bits per heavy atom. The number of anilines is 1.